The van der Waals surface area contributed by atoms with Crippen LogP contribution in [0.1, 0.15) is 40.1 Å². The summed E-state index contributed by atoms with van der Waals surface area (Å²) in [6, 6.07) is 7.81. The summed E-state index contributed by atoms with van der Waals surface area (Å²) in [6.07, 6.45) is 2.68. The van der Waals surface area contributed by atoms with Crippen LogP contribution in [-0.2, 0) is 17.8 Å². The van der Waals surface area contributed by atoms with Crippen molar-refractivity contribution >= 4 is 28.8 Å². The van der Waals surface area contributed by atoms with E-state index in [0.29, 0.717) is 11.6 Å². The van der Waals surface area contributed by atoms with Gasteiger partial charge in [0.2, 0.25) is 10.9 Å². The van der Waals surface area contributed by atoms with E-state index >= 15 is 0 Å². The van der Waals surface area contributed by atoms with Crippen molar-refractivity contribution < 1.29 is 9.59 Å². The lowest BCUT2D eigenvalue weighted by Crippen LogP contribution is -2.39. The first kappa shape index (κ1) is 20.4. The number of likely N-dealkylation sites (tertiary alicyclic amines) is 1. The van der Waals surface area contributed by atoms with Crippen LogP contribution in [0.25, 0.3) is 0 Å². The Labute approximate surface area is 169 Å². The molecule has 2 amide bonds. The molecule has 1 fully saturated rings. The second-order valence-electron chi connectivity index (χ2n) is 7.29. The van der Waals surface area contributed by atoms with Crippen LogP contribution in [0.4, 0.5) is 5.69 Å². The molecule has 1 aromatic carbocycles. The Hall–Kier alpha value is -2.32. The van der Waals surface area contributed by atoms with Gasteiger partial charge in [-0.15, -0.1) is 10.2 Å². The molecule has 2 heterocycles. The number of aromatic nitrogens is 2. The molecule has 0 atom stereocenters. The highest BCUT2D eigenvalue weighted by molar-refractivity contribution is 7.13. The number of amides is 2. The predicted octanol–water partition coefficient (Wildman–Crippen LogP) is 2.65. The fourth-order valence-corrected chi connectivity index (χ4v) is 4.09. The van der Waals surface area contributed by atoms with E-state index in [0.717, 1.165) is 43.0 Å². The second kappa shape index (κ2) is 9.25. The highest BCUT2D eigenvalue weighted by Crippen LogP contribution is 2.22. The number of aryl methyl sites for hydroxylation is 1. The van der Waals surface area contributed by atoms with Crippen LogP contribution in [0.15, 0.2) is 24.3 Å². The van der Waals surface area contributed by atoms with Gasteiger partial charge in [0.05, 0.1) is 6.54 Å². The molecular weight excluding hydrogens is 374 g/mol. The third kappa shape index (κ3) is 5.14. The summed E-state index contributed by atoms with van der Waals surface area (Å²) < 4.78 is 0. The smallest absolute Gasteiger partial charge is 0.286 e. The van der Waals surface area contributed by atoms with E-state index in [4.69, 9.17) is 0 Å². The van der Waals surface area contributed by atoms with Gasteiger partial charge in [0.15, 0.2) is 0 Å². The summed E-state index contributed by atoms with van der Waals surface area (Å²) >= 11 is 1.32. The number of hydrogen-bond donors (Lipinski definition) is 1. The van der Waals surface area contributed by atoms with E-state index in [1.54, 1.807) is 19.0 Å². The lowest BCUT2D eigenvalue weighted by Gasteiger charge is -2.31. The van der Waals surface area contributed by atoms with Crippen molar-refractivity contribution in [2.45, 2.75) is 32.7 Å². The zero-order valence-electron chi connectivity index (χ0n) is 16.6. The zero-order chi connectivity index (χ0) is 20.1. The van der Waals surface area contributed by atoms with Crippen molar-refractivity contribution in [1.29, 1.82) is 0 Å². The van der Waals surface area contributed by atoms with Gasteiger partial charge in [0.25, 0.3) is 5.91 Å². The van der Waals surface area contributed by atoms with Crippen molar-refractivity contribution in [2.75, 3.05) is 32.5 Å². The molecule has 8 heteroatoms. The first-order chi connectivity index (χ1) is 13.5. The maximum absolute atomic E-state index is 12.4. The molecular formula is C20H27N5O2S. The molecule has 150 valence electrons. The van der Waals surface area contributed by atoms with E-state index in [2.05, 4.69) is 27.3 Å². The largest absolute Gasteiger partial charge is 0.349 e. The van der Waals surface area contributed by atoms with Gasteiger partial charge in [-0.2, -0.15) is 0 Å². The summed E-state index contributed by atoms with van der Waals surface area (Å²) in [5.74, 6) is 0.0888. The van der Waals surface area contributed by atoms with Crippen LogP contribution in [0.3, 0.4) is 0 Å². The molecule has 0 unspecified atom stereocenters. The molecule has 1 aromatic heterocycles. The van der Waals surface area contributed by atoms with Crippen LogP contribution in [0.5, 0.6) is 0 Å². The molecule has 1 aliphatic heterocycles. The number of carbonyl (C=O) groups is 2. The molecule has 7 nitrogen and oxygen atoms in total. The highest BCUT2D eigenvalue weighted by atomic mass is 32.1. The van der Waals surface area contributed by atoms with Crippen LogP contribution in [0.2, 0.25) is 0 Å². The van der Waals surface area contributed by atoms with Gasteiger partial charge in [0.1, 0.15) is 5.01 Å². The Morgan fingerprint density at radius 3 is 2.46 bits per heavy atom. The molecule has 0 saturated carbocycles. The number of carbonyl (C=O) groups excluding carboxylic acids is 2. The van der Waals surface area contributed by atoms with E-state index in [1.165, 1.54) is 16.9 Å². The van der Waals surface area contributed by atoms with Crippen LogP contribution in [-0.4, -0.2) is 59.0 Å². The predicted molar refractivity (Wildman–Crippen MR) is 110 cm³/mol. The lowest BCUT2D eigenvalue weighted by atomic mass is 9.95. The second-order valence-corrected chi connectivity index (χ2v) is 8.35. The monoisotopic (exact) mass is 401 g/mol. The minimum Gasteiger partial charge on any atom is -0.349 e. The Bertz CT molecular complexity index is 810. The average molecular weight is 402 g/mol. The maximum Gasteiger partial charge on any atom is 0.286 e. The number of piperidine rings is 1. The van der Waals surface area contributed by atoms with Gasteiger partial charge in [-0.05, 0) is 50.0 Å². The molecule has 0 aliphatic carbocycles. The van der Waals surface area contributed by atoms with E-state index in [-0.39, 0.29) is 17.7 Å². The first-order valence-corrected chi connectivity index (χ1v) is 10.4. The number of hydrogen-bond acceptors (Lipinski definition) is 6. The molecule has 0 radical (unpaired) electrons. The van der Waals surface area contributed by atoms with Gasteiger partial charge >= 0.3 is 0 Å². The van der Waals surface area contributed by atoms with Gasteiger partial charge in [0, 0.05) is 25.7 Å². The number of nitrogens with one attached hydrogen (secondary N) is 1. The Morgan fingerprint density at radius 1 is 1.18 bits per heavy atom. The number of benzene rings is 1. The summed E-state index contributed by atoms with van der Waals surface area (Å²) in [6.45, 7) is 4.47. The number of rotatable bonds is 6. The minimum absolute atomic E-state index is 0.112. The van der Waals surface area contributed by atoms with Crippen molar-refractivity contribution in [3.05, 3.63) is 39.8 Å². The quantitative estimate of drug-likeness (QED) is 0.805. The first-order valence-electron chi connectivity index (χ1n) is 9.62. The molecule has 28 heavy (non-hydrogen) atoms. The Balaban J connectivity index is 1.51. The number of anilines is 1. The molecule has 3 rings (SSSR count). The minimum atomic E-state index is -0.233. The lowest BCUT2D eigenvalue weighted by molar-refractivity contribution is -0.134. The summed E-state index contributed by atoms with van der Waals surface area (Å²) in [5.41, 5.74) is 1.99. The van der Waals surface area contributed by atoms with Gasteiger partial charge < -0.3 is 10.2 Å². The average Bonchev–Trinajstić information content (AvgIpc) is 3.17. The van der Waals surface area contributed by atoms with Crippen LogP contribution >= 0.6 is 11.3 Å². The van der Waals surface area contributed by atoms with Gasteiger partial charge in [-0.1, -0.05) is 30.4 Å². The third-order valence-corrected chi connectivity index (χ3v) is 5.92. The van der Waals surface area contributed by atoms with Crippen molar-refractivity contribution in [2.24, 2.45) is 5.92 Å². The van der Waals surface area contributed by atoms with Crippen molar-refractivity contribution in [3.8, 4) is 0 Å². The topological polar surface area (TPSA) is 78.4 Å². The van der Waals surface area contributed by atoms with Gasteiger partial charge in [-0.25, -0.2) is 0 Å². The third-order valence-electron chi connectivity index (χ3n) is 5.02. The van der Waals surface area contributed by atoms with Crippen LogP contribution < -0.4 is 5.32 Å². The fourth-order valence-electron chi connectivity index (χ4n) is 3.31. The van der Waals surface area contributed by atoms with E-state index < -0.39 is 0 Å². The molecule has 1 saturated heterocycles. The maximum atomic E-state index is 12.4. The van der Waals surface area contributed by atoms with E-state index in [9.17, 15) is 9.59 Å². The molecule has 1 aliphatic rings. The van der Waals surface area contributed by atoms with E-state index in [1.807, 2.05) is 24.3 Å². The summed E-state index contributed by atoms with van der Waals surface area (Å²) in [4.78, 5) is 28.4. The molecule has 2 aromatic rings. The fraction of sp³-hybridized carbons (Fsp3) is 0.500. The SMILES string of the molecule is CCc1ccc(NC(=O)c2nnc(CN3CCC(C(=O)N(C)C)CC3)s2)cc1. The van der Waals surface area contributed by atoms with Crippen molar-refractivity contribution in [1.82, 2.24) is 20.0 Å². The molecule has 1 N–H and O–H groups in total. The van der Waals surface area contributed by atoms with Crippen LogP contribution in [0, 0.1) is 5.92 Å². The van der Waals surface area contributed by atoms with Crippen molar-refractivity contribution in [3.63, 3.8) is 0 Å². The Morgan fingerprint density at radius 2 is 1.86 bits per heavy atom. The summed E-state index contributed by atoms with van der Waals surface area (Å²) in [7, 11) is 3.61. The number of nitrogens with zero attached hydrogens (tertiary/aromatic N) is 4. The molecule has 0 bridgehead atoms. The summed E-state index contributed by atoms with van der Waals surface area (Å²) in [5, 5.41) is 12.3. The standard InChI is InChI=1S/C20H27N5O2S/c1-4-14-5-7-16(8-6-14)21-18(26)19-23-22-17(28-19)13-25-11-9-15(10-12-25)20(27)24(2)3/h5-8,15H,4,9-13H2,1-3H3,(H,21,26). The zero-order valence-corrected chi connectivity index (χ0v) is 17.5. The highest BCUT2D eigenvalue weighted by Gasteiger charge is 2.26. The normalized spacial score (nSPS) is 15.4. The van der Waals surface area contributed by atoms with Gasteiger partial charge in [-0.3, -0.25) is 14.5 Å². The Kier molecular flexibility index (Phi) is 6.74. The molecule has 0 spiro atoms.